The third-order valence-electron chi connectivity index (χ3n) is 4.83. The van der Waals surface area contributed by atoms with E-state index in [2.05, 4.69) is 19.6 Å². The maximum Gasteiger partial charge on any atom is 0.315 e. The molecule has 0 saturated carbocycles. The number of hydrogen-bond acceptors (Lipinski definition) is 6. The first-order chi connectivity index (χ1) is 14.2. The van der Waals surface area contributed by atoms with Crippen LogP contribution in [0.3, 0.4) is 0 Å². The predicted molar refractivity (Wildman–Crippen MR) is 99.8 cm³/mol. The standard InChI is InChI=1S/C20H21F3N4O3/c1-20(2,14-10-29-18(25-14)11-3-6-13(21)7-4-11)9-12(17(24)28)5-8-15-26-19(16(22)23)30-27-15/h3-4,6-7,10,12,16H,5,8-9H2,1-2H3,(H2,24,28). The van der Waals surface area contributed by atoms with E-state index in [0.717, 1.165) is 0 Å². The van der Waals surface area contributed by atoms with Gasteiger partial charge in [-0.2, -0.15) is 13.8 Å². The molecule has 160 valence electrons. The molecule has 0 bridgehead atoms. The summed E-state index contributed by atoms with van der Waals surface area (Å²) >= 11 is 0. The average Bonchev–Trinajstić information content (AvgIpc) is 3.35. The minimum Gasteiger partial charge on any atom is -0.444 e. The number of alkyl halides is 2. The Morgan fingerprint density at radius 3 is 2.50 bits per heavy atom. The highest BCUT2D eigenvalue weighted by molar-refractivity contribution is 5.76. The van der Waals surface area contributed by atoms with E-state index in [1.807, 2.05) is 13.8 Å². The number of rotatable bonds is 9. The van der Waals surface area contributed by atoms with Crippen molar-refractivity contribution < 1.29 is 26.9 Å². The van der Waals surface area contributed by atoms with Gasteiger partial charge in [0, 0.05) is 23.3 Å². The zero-order valence-electron chi connectivity index (χ0n) is 16.4. The van der Waals surface area contributed by atoms with Crippen LogP contribution >= 0.6 is 0 Å². The van der Waals surface area contributed by atoms with Gasteiger partial charge in [-0.25, -0.2) is 9.37 Å². The maximum absolute atomic E-state index is 13.1. The summed E-state index contributed by atoms with van der Waals surface area (Å²) in [4.78, 5) is 20.0. The topological polar surface area (TPSA) is 108 Å². The van der Waals surface area contributed by atoms with Gasteiger partial charge in [-0.05, 0) is 37.1 Å². The number of oxazole rings is 1. The molecule has 2 N–H and O–H groups in total. The van der Waals surface area contributed by atoms with Crippen LogP contribution < -0.4 is 5.73 Å². The summed E-state index contributed by atoms with van der Waals surface area (Å²) in [5.74, 6) is -1.79. The van der Waals surface area contributed by atoms with Gasteiger partial charge in [-0.3, -0.25) is 4.79 Å². The van der Waals surface area contributed by atoms with Crippen molar-refractivity contribution in [2.45, 2.75) is 45.0 Å². The Balaban J connectivity index is 1.69. The Hall–Kier alpha value is -3.17. The van der Waals surface area contributed by atoms with Gasteiger partial charge in [0.25, 0.3) is 5.89 Å². The van der Waals surface area contributed by atoms with E-state index in [1.54, 1.807) is 12.1 Å². The van der Waals surface area contributed by atoms with Gasteiger partial charge >= 0.3 is 6.43 Å². The Labute approximate surface area is 170 Å². The molecule has 0 aliphatic heterocycles. The molecule has 1 amide bonds. The second kappa shape index (κ2) is 8.68. The summed E-state index contributed by atoms with van der Waals surface area (Å²) in [6.07, 6.45) is -0.578. The normalized spacial score (nSPS) is 13.0. The molecule has 0 saturated heterocycles. The van der Waals surface area contributed by atoms with Crippen molar-refractivity contribution in [1.29, 1.82) is 0 Å². The van der Waals surface area contributed by atoms with E-state index in [0.29, 0.717) is 23.6 Å². The van der Waals surface area contributed by atoms with E-state index in [-0.39, 0.29) is 24.5 Å². The van der Waals surface area contributed by atoms with Crippen LogP contribution in [-0.2, 0) is 16.6 Å². The van der Waals surface area contributed by atoms with Gasteiger partial charge < -0.3 is 14.7 Å². The van der Waals surface area contributed by atoms with Crippen molar-refractivity contribution in [3.8, 4) is 11.5 Å². The summed E-state index contributed by atoms with van der Waals surface area (Å²) in [5.41, 5.74) is 6.20. The van der Waals surface area contributed by atoms with Gasteiger partial charge in [-0.1, -0.05) is 19.0 Å². The molecule has 0 radical (unpaired) electrons. The number of halogens is 3. The van der Waals surface area contributed by atoms with E-state index in [1.165, 1.54) is 18.4 Å². The molecule has 1 atom stereocenters. The first-order valence-corrected chi connectivity index (χ1v) is 9.27. The van der Waals surface area contributed by atoms with Gasteiger partial charge in [0.1, 0.15) is 12.1 Å². The van der Waals surface area contributed by atoms with Crippen LogP contribution in [0.25, 0.3) is 11.5 Å². The second-order valence-corrected chi connectivity index (χ2v) is 7.62. The summed E-state index contributed by atoms with van der Waals surface area (Å²) in [7, 11) is 0. The van der Waals surface area contributed by atoms with Crippen molar-refractivity contribution in [2.75, 3.05) is 0 Å². The summed E-state index contributed by atoms with van der Waals surface area (Å²) in [6, 6.07) is 5.74. The molecular formula is C20H21F3N4O3. The summed E-state index contributed by atoms with van der Waals surface area (Å²) in [6.45, 7) is 3.77. The lowest BCUT2D eigenvalue weighted by Gasteiger charge is -2.26. The highest BCUT2D eigenvalue weighted by Gasteiger charge is 2.31. The number of aryl methyl sites for hydroxylation is 1. The van der Waals surface area contributed by atoms with Gasteiger partial charge in [0.05, 0.1) is 5.69 Å². The van der Waals surface area contributed by atoms with Crippen LogP contribution in [0.2, 0.25) is 0 Å². The first kappa shape index (κ1) is 21.5. The average molecular weight is 422 g/mol. The number of carbonyl (C=O) groups is 1. The molecule has 0 fully saturated rings. The zero-order valence-corrected chi connectivity index (χ0v) is 16.4. The van der Waals surface area contributed by atoms with Gasteiger partial charge in [0.2, 0.25) is 11.8 Å². The number of aromatic nitrogens is 3. The Bertz CT molecular complexity index is 999. The third-order valence-corrected chi connectivity index (χ3v) is 4.83. The van der Waals surface area contributed by atoms with E-state index in [9.17, 15) is 18.0 Å². The molecule has 30 heavy (non-hydrogen) atoms. The molecule has 2 heterocycles. The Morgan fingerprint density at radius 2 is 1.90 bits per heavy atom. The van der Waals surface area contributed by atoms with Crippen molar-refractivity contribution in [3.05, 3.63) is 53.8 Å². The van der Waals surface area contributed by atoms with Crippen LogP contribution in [0.1, 0.15) is 50.5 Å². The number of carbonyl (C=O) groups excluding carboxylic acids is 1. The molecule has 1 unspecified atom stereocenters. The zero-order chi connectivity index (χ0) is 21.9. The number of primary amides is 1. The molecule has 3 aromatic rings. The number of amides is 1. The molecule has 0 aliphatic rings. The largest absolute Gasteiger partial charge is 0.444 e. The number of benzene rings is 1. The van der Waals surface area contributed by atoms with Crippen LogP contribution in [-0.4, -0.2) is 21.0 Å². The van der Waals surface area contributed by atoms with Crippen molar-refractivity contribution >= 4 is 5.91 Å². The predicted octanol–water partition coefficient (Wildman–Crippen LogP) is 4.20. The molecule has 10 heteroatoms. The van der Waals surface area contributed by atoms with Crippen LogP contribution in [0.4, 0.5) is 13.2 Å². The number of nitrogens with zero attached hydrogens (tertiary/aromatic N) is 3. The summed E-state index contributed by atoms with van der Waals surface area (Å²) < 4.78 is 48.2. The third kappa shape index (κ3) is 5.05. The summed E-state index contributed by atoms with van der Waals surface area (Å²) in [5, 5.41) is 3.49. The fraction of sp³-hybridized carbons (Fsp3) is 0.400. The minimum absolute atomic E-state index is 0.0920. The quantitative estimate of drug-likeness (QED) is 0.554. The molecule has 1 aromatic carbocycles. The number of hydrogen-bond donors (Lipinski definition) is 1. The van der Waals surface area contributed by atoms with Crippen molar-refractivity contribution in [2.24, 2.45) is 11.7 Å². The molecule has 2 aromatic heterocycles. The fourth-order valence-corrected chi connectivity index (χ4v) is 3.14. The van der Waals surface area contributed by atoms with Crippen LogP contribution in [0, 0.1) is 11.7 Å². The maximum atomic E-state index is 13.1. The van der Waals surface area contributed by atoms with Gasteiger partial charge in [0.15, 0.2) is 5.82 Å². The van der Waals surface area contributed by atoms with Crippen molar-refractivity contribution in [1.82, 2.24) is 15.1 Å². The SMILES string of the molecule is CC(C)(CC(CCc1noc(C(F)F)n1)C(N)=O)c1coc(-c2ccc(F)cc2)n1. The molecule has 3 rings (SSSR count). The lowest BCUT2D eigenvalue weighted by Crippen LogP contribution is -2.31. The fourth-order valence-electron chi connectivity index (χ4n) is 3.14. The van der Waals surface area contributed by atoms with Crippen LogP contribution in [0.5, 0.6) is 0 Å². The molecular weight excluding hydrogens is 401 g/mol. The smallest absolute Gasteiger partial charge is 0.315 e. The highest BCUT2D eigenvalue weighted by atomic mass is 19.3. The van der Waals surface area contributed by atoms with E-state index in [4.69, 9.17) is 10.2 Å². The first-order valence-electron chi connectivity index (χ1n) is 9.27. The molecule has 0 spiro atoms. The monoisotopic (exact) mass is 422 g/mol. The van der Waals surface area contributed by atoms with Crippen molar-refractivity contribution in [3.63, 3.8) is 0 Å². The minimum atomic E-state index is -2.85. The Kier molecular flexibility index (Phi) is 6.23. The number of nitrogens with two attached hydrogens (primary N) is 1. The second-order valence-electron chi connectivity index (χ2n) is 7.62. The lowest BCUT2D eigenvalue weighted by atomic mass is 9.78. The lowest BCUT2D eigenvalue weighted by molar-refractivity contribution is -0.122. The van der Waals surface area contributed by atoms with E-state index < -0.39 is 29.6 Å². The molecule has 7 nitrogen and oxygen atoms in total. The van der Waals surface area contributed by atoms with Gasteiger partial charge in [-0.15, -0.1) is 0 Å². The Morgan fingerprint density at radius 1 is 1.20 bits per heavy atom. The van der Waals surface area contributed by atoms with E-state index >= 15 is 0 Å². The highest BCUT2D eigenvalue weighted by Crippen LogP contribution is 2.33. The molecule has 0 aliphatic carbocycles. The van der Waals surface area contributed by atoms with Crippen LogP contribution in [0.15, 0.2) is 39.5 Å².